The molecule has 1 heterocycles. The van der Waals surface area contributed by atoms with Crippen molar-refractivity contribution in [3.63, 3.8) is 0 Å². The first-order chi connectivity index (χ1) is 8.61. The van der Waals surface area contributed by atoms with Crippen LogP contribution in [0.1, 0.15) is 26.7 Å². The van der Waals surface area contributed by atoms with Crippen LogP contribution < -0.4 is 0 Å². The number of benzene rings is 1. The summed E-state index contributed by atoms with van der Waals surface area (Å²) in [5, 5.41) is 11.9. The van der Waals surface area contributed by atoms with E-state index in [1.807, 2.05) is 18.3 Å². The second-order valence-electron chi connectivity index (χ2n) is 4.86. The van der Waals surface area contributed by atoms with Crippen LogP contribution in [0.4, 0.5) is 5.69 Å². The molecule has 1 atom stereocenters. The molecule has 0 saturated carbocycles. The molecule has 1 aromatic heterocycles. The topological polar surface area (TPSA) is 48.1 Å². The van der Waals surface area contributed by atoms with Crippen molar-refractivity contribution in [3.05, 3.63) is 40.6 Å². The molecule has 0 aliphatic rings. The Bertz CT molecular complexity index is 560. The number of rotatable bonds is 5. The Balaban J connectivity index is 2.33. The van der Waals surface area contributed by atoms with E-state index in [0.29, 0.717) is 5.92 Å². The summed E-state index contributed by atoms with van der Waals surface area (Å²) in [5.74, 6) is 0.588. The number of hydrogen-bond acceptors (Lipinski definition) is 2. The lowest BCUT2D eigenvalue weighted by Crippen LogP contribution is -2.06. The average molecular weight is 246 g/mol. The number of nitro benzene ring substituents is 1. The minimum Gasteiger partial charge on any atom is -0.347 e. The van der Waals surface area contributed by atoms with Crippen LogP contribution in [0.2, 0.25) is 0 Å². The van der Waals surface area contributed by atoms with Gasteiger partial charge in [0.15, 0.2) is 0 Å². The second-order valence-corrected chi connectivity index (χ2v) is 4.86. The lowest BCUT2D eigenvalue weighted by atomic mass is 10.1. The van der Waals surface area contributed by atoms with E-state index in [1.165, 1.54) is 12.8 Å². The standard InChI is InChI=1S/C14H18N2O2/c1-3-4-11(2)10-15-8-7-12-5-6-13(16(17)18)9-14(12)15/h5-9,11H,3-4,10H2,1-2H3. The van der Waals surface area contributed by atoms with Gasteiger partial charge in [-0.15, -0.1) is 0 Å². The molecule has 0 spiro atoms. The van der Waals surface area contributed by atoms with Gasteiger partial charge in [-0.25, -0.2) is 0 Å². The lowest BCUT2D eigenvalue weighted by Gasteiger charge is -2.12. The van der Waals surface area contributed by atoms with E-state index >= 15 is 0 Å². The molecule has 2 rings (SSSR count). The maximum absolute atomic E-state index is 10.8. The smallest absolute Gasteiger partial charge is 0.271 e. The van der Waals surface area contributed by atoms with Gasteiger partial charge in [0, 0.05) is 30.3 Å². The number of nitrogens with zero attached hydrogens (tertiary/aromatic N) is 2. The Morgan fingerprint density at radius 1 is 1.39 bits per heavy atom. The first-order valence-corrected chi connectivity index (χ1v) is 6.35. The lowest BCUT2D eigenvalue weighted by molar-refractivity contribution is -0.384. The molecule has 4 nitrogen and oxygen atoms in total. The number of hydrogen-bond donors (Lipinski definition) is 0. The largest absolute Gasteiger partial charge is 0.347 e. The number of aromatic nitrogens is 1. The van der Waals surface area contributed by atoms with E-state index in [9.17, 15) is 10.1 Å². The Morgan fingerprint density at radius 2 is 2.17 bits per heavy atom. The molecule has 4 heteroatoms. The minimum atomic E-state index is -0.341. The zero-order valence-corrected chi connectivity index (χ0v) is 10.8. The van der Waals surface area contributed by atoms with Crippen molar-refractivity contribution >= 4 is 16.6 Å². The van der Waals surface area contributed by atoms with Crippen LogP contribution in [0.3, 0.4) is 0 Å². The summed E-state index contributed by atoms with van der Waals surface area (Å²) in [6.07, 6.45) is 4.36. The maximum Gasteiger partial charge on any atom is 0.271 e. The molecule has 1 unspecified atom stereocenters. The van der Waals surface area contributed by atoms with Gasteiger partial charge in [0.05, 0.1) is 10.4 Å². The van der Waals surface area contributed by atoms with Crippen molar-refractivity contribution in [2.24, 2.45) is 5.92 Å². The van der Waals surface area contributed by atoms with Crippen molar-refractivity contribution in [1.29, 1.82) is 0 Å². The summed E-state index contributed by atoms with van der Waals surface area (Å²) in [6.45, 7) is 5.31. The molecular formula is C14H18N2O2. The van der Waals surface area contributed by atoms with Gasteiger partial charge >= 0.3 is 0 Å². The monoisotopic (exact) mass is 246 g/mol. The van der Waals surface area contributed by atoms with E-state index < -0.39 is 0 Å². The van der Waals surface area contributed by atoms with Crippen molar-refractivity contribution in [2.45, 2.75) is 33.2 Å². The molecule has 0 fully saturated rings. The molecule has 0 radical (unpaired) electrons. The first-order valence-electron chi connectivity index (χ1n) is 6.35. The van der Waals surface area contributed by atoms with E-state index in [1.54, 1.807) is 12.1 Å². The predicted octanol–water partition coefficient (Wildman–Crippen LogP) is 3.99. The molecule has 1 aromatic carbocycles. The molecular weight excluding hydrogens is 228 g/mol. The van der Waals surface area contributed by atoms with E-state index in [0.717, 1.165) is 17.4 Å². The van der Waals surface area contributed by atoms with Crippen LogP contribution in [-0.4, -0.2) is 9.49 Å². The van der Waals surface area contributed by atoms with Gasteiger partial charge in [0.1, 0.15) is 0 Å². The number of nitro groups is 1. The van der Waals surface area contributed by atoms with Gasteiger partial charge in [0.25, 0.3) is 5.69 Å². The van der Waals surface area contributed by atoms with Gasteiger partial charge in [-0.2, -0.15) is 0 Å². The quantitative estimate of drug-likeness (QED) is 0.591. The van der Waals surface area contributed by atoms with Gasteiger partial charge in [0.2, 0.25) is 0 Å². The zero-order valence-electron chi connectivity index (χ0n) is 10.8. The molecule has 0 saturated heterocycles. The van der Waals surface area contributed by atoms with Crippen molar-refractivity contribution in [3.8, 4) is 0 Å². The van der Waals surface area contributed by atoms with Crippen LogP contribution >= 0.6 is 0 Å². The van der Waals surface area contributed by atoms with Gasteiger partial charge in [-0.3, -0.25) is 10.1 Å². The molecule has 0 aliphatic carbocycles. The third-order valence-corrected chi connectivity index (χ3v) is 3.26. The summed E-state index contributed by atoms with van der Waals surface area (Å²) in [7, 11) is 0. The zero-order chi connectivity index (χ0) is 13.1. The molecule has 0 bridgehead atoms. The highest BCUT2D eigenvalue weighted by atomic mass is 16.6. The van der Waals surface area contributed by atoms with Crippen LogP contribution in [-0.2, 0) is 6.54 Å². The Kier molecular flexibility index (Phi) is 3.65. The van der Waals surface area contributed by atoms with E-state index in [2.05, 4.69) is 18.4 Å². The normalized spacial score (nSPS) is 12.8. The van der Waals surface area contributed by atoms with Crippen molar-refractivity contribution in [2.75, 3.05) is 0 Å². The van der Waals surface area contributed by atoms with E-state index in [4.69, 9.17) is 0 Å². The SMILES string of the molecule is CCCC(C)Cn1ccc2ccc([N+](=O)[O-])cc21. The fraction of sp³-hybridized carbons (Fsp3) is 0.429. The highest BCUT2D eigenvalue weighted by molar-refractivity contribution is 5.82. The van der Waals surface area contributed by atoms with Crippen LogP contribution in [0.5, 0.6) is 0 Å². The Hall–Kier alpha value is -1.84. The van der Waals surface area contributed by atoms with Gasteiger partial charge in [-0.05, 0) is 24.5 Å². The third-order valence-electron chi connectivity index (χ3n) is 3.26. The summed E-state index contributed by atoms with van der Waals surface area (Å²) in [4.78, 5) is 10.5. The molecule has 96 valence electrons. The third kappa shape index (κ3) is 2.53. The summed E-state index contributed by atoms with van der Waals surface area (Å²) in [6, 6.07) is 7.04. The fourth-order valence-corrected chi connectivity index (χ4v) is 2.36. The highest BCUT2D eigenvalue weighted by Gasteiger charge is 2.10. The van der Waals surface area contributed by atoms with Gasteiger partial charge in [-0.1, -0.05) is 20.3 Å². The average Bonchev–Trinajstić information content (AvgIpc) is 2.72. The fourth-order valence-electron chi connectivity index (χ4n) is 2.36. The molecule has 0 amide bonds. The molecule has 0 aliphatic heterocycles. The van der Waals surface area contributed by atoms with Crippen molar-refractivity contribution in [1.82, 2.24) is 4.57 Å². The predicted molar refractivity (Wildman–Crippen MR) is 72.7 cm³/mol. The molecule has 2 aromatic rings. The molecule has 0 N–H and O–H groups in total. The van der Waals surface area contributed by atoms with Gasteiger partial charge < -0.3 is 4.57 Å². The maximum atomic E-state index is 10.8. The van der Waals surface area contributed by atoms with E-state index in [-0.39, 0.29) is 10.6 Å². The minimum absolute atomic E-state index is 0.158. The van der Waals surface area contributed by atoms with Crippen LogP contribution in [0.15, 0.2) is 30.5 Å². The van der Waals surface area contributed by atoms with Crippen LogP contribution in [0, 0.1) is 16.0 Å². The Morgan fingerprint density at radius 3 is 2.83 bits per heavy atom. The number of non-ortho nitro benzene ring substituents is 1. The summed E-state index contributed by atoms with van der Waals surface area (Å²) < 4.78 is 2.11. The van der Waals surface area contributed by atoms with Crippen molar-refractivity contribution < 1.29 is 4.92 Å². The second kappa shape index (κ2) is 5.21. The number of fused-ring (bicyclic) bond motifs is 1. The Labute approximate surface area is 106 Å². The summed E-state index contributed by atoms with van der Waals surface area (Å²) >= 11 is 0. The summed E-state index contributed by atoms with van der Waals surface area (Å²) in [5.41, 5.74) is 1.11. The van der Waals surface area contributed by atoms with Crippen LogP contribution in [0.25, 0.3) is 10.9 Å². The molecule has 18 heavy (non-hydrogen) atoms. The first kappa shape index (κ1) is 12.6. The highest BCUT2D eigenvalue weighted by Crippen LogP contribution is 2.23.